The van der Waals surface area contributed by atoms with E-state index in [1.54, 1.807) is 6.92 Å². The Morgan fingerprint density at radius 2 is 1.83 bits per heavy atom. The molecule has 2 aromatic carbocycles. The third-order valence-electron chi connectivity index (χ3n) is 5.20. The van der Waals surface area contributed by atoms with Crippen molar-refractivity contribution >= 4 is 23.6 Å². The predicted octanol–water partition coefficient (Wildman–Crippen LogP) is 4.34. The summed E-state index contributed by atoms with van der Waals surface area (Å²) in [4.78, 5) is 25.5. The van der Waals surface area contributed by atoms with Crippen molar-refractivity contribution in [3.63, 3.8) is 0 Å². The first-order chi connectivity index (χ1) is 14.0. The Balaban J connectivity index is 1.37. The molecule has 0 saturated carbocycles. The summed E-state index contributed by atoms with van der Waals surface area (Å²) >= 11 is 1.46. The van der Waals surface area contributed by atoms with E-state index in [0.717, 1.165) is 30.6 Å². The van der Waals surface area contributed by atoms with Crippen molar-refractivity contribution < 1.29 is 14.3 Å². The Morgan fingerprint density at radius 3 is 2.62 bits per heavy atom. The van der Waals surface area contributed by atoms with E-state index in [4.69, 9.17) is 4.74 Å². The fraction of sp³-hybridized carbons (Fsp3) is 0.417. The van der Waals surface area contributed by atoms with Crippen molar-refractivity contribution in [2.24, 2.45) is 0 Å². The second kappa shape index (κ2) is 10.5. The zero-order valence-corrected chi connectivity index (χ0v) is 18.0. The molecule has 0 spiro atoms. The average molecular weight is 412 g/mol. The van der Waals surface area contributed by atoms with Gasteiger partial charge in [0.2, 0.25) is 0 Å². The van der Waals surface area contributed by atoms with Gasteiger partial charge in [-0.25, -0.2) is 0 Å². The van der Waals surface area contributed by atoms with Crippen molar-refractivity contribution in [3.8, 4) is 0 Å². The molecule has 0 bridgehead atoms. The molecule has 3 rings (SSSR count). The molecule has 154 valence electrons. The second-order valence-electron chi connectivity index (χ2n) is 7.64. The van der Waals surface area contributed by atoms with Crippen molar-refractivity contribution in [1.82, 2.24) is 5.32 Å². The maximum absolute atomic E-state index is 12.3. The Morgan fingerprint density at radius 1 is 1.07 bits per heavy atom. The van der Waals surface area contributed by atoms with Gasteiger partial charge in [-0.3, -0.25) is 9.59 Å². The minimum absolute atomic E-state index is 0.0182. The second-order valence-corrected chi connectivity index (χ2v) is 8.69. The van der Waals surface area contributed by atoms with Gasteiger partial charge in [0.1, 0.15) is 0 Å². The molecule has 0 heterocycles. The Bertz CT molecular complexity index is 837. The van der Waals surface area contributed by atoms with Gasteiger partial charge in [-0.05, 0) is 74.8 Å². The molecule has 29 heavy (non-hydrogen) atoms. The number of fused-ring (bicyclic) bond motifs is 1. The molecule has 1 N–H and O–H groups in total. The summed E-state index contributed by atoms with van der Waals surface area (Å²) in [6.45, 7) is 3.59. The number of nitrogens with one attached hydrogen (secondary N) is 1. The Labute approximate surface area is 177 Å². The van der Waals surface area contributed by atoms with Crippen molar-refractivity contribution in [1.29, 1.82) is 0 Å². The first-order valence-electron chi connectivity index (χ1n) is 10.3. The molecule has 0 aliphatic heterocycles. The summed E-state index contributed by atoms with van der Waals surface area (Å²) in [7, 11) is 0. The molecule has 0 unspecified atom stereocenters. The molecule has 0 radical (unpaired) electrons. The summed E-state index contributed by atoms with van der Waals surface area (Å²) in [5, 5.41) is 2.93. The fourth-order valence-corrected chi connectivity index (χ4v) is 4.27. The van der Waals surface area contributed by atoms with E-state index in [9.17, 15) is 9.59 Å². The maximum atomic E-state index is 12.3. The van der Waals surface area contributed by atoms with Gasteiger partial charge >= 0.3 is 5.97 Å². The van der Waals surface area contributed by atoms with Crippen LogP contribution in [-0.2, 0) is 33.6 Å². The number of hydrogen-bond acceptors (Lipinski definition) is 4. The highest BCUT2D eigenvalue weighted by Gasteiger charge is 2.20. The van der Waals surface area contributed by atoms with E-state index in [1.807, 2.05) is 25.1 Å². The zero-order chi connectivity index (χ0) is 20.6. The topological polar surface area (TPSA) is 55.4 Å². The van der Waals surface area contributed by atoms with E-state index < -0.39 is 6.10 Å². The lowest BCUT2D eigenvalue weighted by Crippen LogP contribution is -2.41. The molecule has 1 aliphatic carbocycles. The van der Waals surface area contributed by atoms with E-state index in [0.29, 0.717) is 0 Å². The SMILES string of the molecule is C[C@@H](CCc1ccccc1)NC(=O)[C@@H](C)OC(=O)CSc1ccc2c(c1)CCC2. The molecule has 0 saturated heterocycles. The molecular weight excluding hydrogens is 382 g/mol. The molecule has 2 aromatic rings. The minimum Gasteiger partial charge on any atom is -0.452 e. The fourth-order valence-electron chi connectivity index (χ4n) is 3.53. The van der Waals surface area contributed by atoms with Crippen LogP contribution >= 0.6 is 11.8 Å². The summed E-state index contributed by atoms with van der Waals surface area (Å²) in [6, 6.07) is 16.6. The molecule has 4 nitrogen and oxygen atoms in total. The minimum atomic E-state index is -0.790. The molecule has 1 amide bonds. The third-order valence-corrected chi connectivity index (χ3v) is 6.17. The highest BCUT2D eigenvalue weighted by Crippen LogP contribution is 2.27. The number of ether oxygens (including phenoxy) is 1. The quantitative estimate of drug-likeness (QED) is 0.493. The van der Waals surface area contributed by atoms with Gasteiger partial charge in [0.05, 0.1) is 5.75 Å². The molecular formula is C24H29NO3S. The Kier molecular flexibility index (Phi) is 7.76. The number of hydrogen-bond donors (Lipinski definition) is 1. The lowest BCUT2D eigenvalue weighted by atomic mass is 10.1. The third kappa shape index (κ3) is 6.64. The van der Waals surface area contributed by atoms with Crippen molar-refractivity contribution in [2.75, 3.05) is 5.75 Å². The van der Waals surface area contributed by atoms with Crippen LogP contribution in [-0.4, -0.2) is 29.8 Å². The number of esters is 1. The van der Waals surface area contributed by atoms with Crippen LogP contribution < -0.4 is 5.32 Å². The van der Waals surface area contributed by atoms with Crippen LogP contribution in [0.2, 0.25) is 0 Å². The van der Waals surface area contributed by atoms with Gasteiger partial charge in [0.15, 0.2) is 6.10 Å². The number of benzene rings is 2. The van der Waals surface area contributed by atoms with Gasteiger partial charge in [0.25, 0.3) is 5.91 Å². The normalized spacial score (nSPS) is 14.7. The summed E-state index contributed by atoms with van der Waals surface area (Å²) in [5.74, 6) is -0.406. The van der Waals surface area contributed by atoms with Gasteiger partial charge in [0, 0.05) is 10.9 Å². The average Bonchev–Trinajstić information content (AvgIpc) is 3.19. The van der Waals surface area contributed by atoms with Crippen LogP contribution in [0.25, 0.3) is 0 Å². The molecule has 1 aliphatic rings. The highest BCUT2D eigenvalue weighted by molar-refractivity contribution is 8.00. The van der Waals surface area contributed by atoms with Crippen LogP contribution in [0.5, 0.6) is 0 Å². The van der Waals surface area contributed by atoms with Crippen molar-refractivity contribution in [3.05, 3.63) is 65.2 Å². The maximum Gasteiger partial charge on any atom is 0.317 e. The molecule has 0 aromatic heterocycles. The van der Waals surface area contributed by atoms with Crippen LogP contribution in [0.1, 0.15) is 43.4 Å². The zero-order valence-electron chi connectivity index (χ0n) is 17.1. The summed E-state index contributed by atoms with van der Waals surface area (Å²) in [6.07, 6.45) is 4.43. The number of carbonyl (C=O) groups excluding carboxylic acids is 2. The summed E-state index contributed by atoms with van der Waals surface area (Å²) in [5.41, 5.74) is 4.06. The van der Waals surface area contributed by atoms with E-state index >= 15 is 0 Å². The smallest absolute Gasteiger partial charge is 0.317 e. The standard InChI is InChI=1S/C24H29NO3S/c1-17(11-12-19-7-4-3-5-8-19)25-24(27)18(2)28-23(26)16-29-22-14-13-20-9-6-10-21(20)15-22/h3-5,7-8,13-15,17-18H,6,9-12,16H2,1-2H3,(H,25,27)/t17-,18+/m0/s1. The number of amides is 1. The molecule has 2 atom stereocenters. The highest BCUT2D eigenvalue weighted by atomic mass is 32.2. The monoisotopic (exact) mass is 411 g/mol. The number of rotatable bonds is 9. The van der Waals surface area contributed by atoms with Gasteiger partial charge in [-0.1, -0.05) is 36.4 Å². The van der Waals surface area contributed by atoms with E-state index in [2.05, 4.69) is 35.6 Å². The lowest BCUT2D eigenvalue weighted by molar-refractivity contribution is -0.152. The number of thioether (sulfide) groups is 1. The number of carbonyl (C=O) groups is 2. The first-order valence-corrected chi connectivity index (χ1v) is 11.3. The first kappa shape index (κ1) is 21.4. The molecule has 0 fully saturated rings. The van der Waals surface area contributed by atoms with E-state index in [1.165, 1.54) is 34.9 Å². The molecule has 5 heteroatoms. The van der Waals surface area contributed by atoms with Gasteiger partial charge in [-0.15, -0.1) is 11.8 Å². The predicted molar refractivity (Wildman–Crippen MR) is 117 cm³/mol. The van der Waals surface area contributed by atoms with Crippen molar-refractivity contribution in [2.45, 2.75) is 63.0 Å². The van der Waals surface area contributed by atoms with E-state index in [-0.39, 0.29) is 23.7 Å². The van der Waals surface area contributed by atoms with Crippen LogP contribution in [0.3, 0.4) is 0 Å². The largest absolute Gasteiger partial charge is 0.452 e. The lowest BCUT2D eigenvalue weighted by Gasteiger charge is -2.18. The van der Waals surface area contributed by atoms with Gasteiger partial charge < -0.3 is 10.1 Å². The van der Waals surface area contributed by atoms with Crippen LogP contribution in [0.4, 0.5) is 0 Å². The van der Waals surface area contributed by atoms with Gasteiger partial charge in [-0.2, -0.15) is 0 Å². The van der Waals surface area contributed by atoms with Crippen LogP contribution in [0, 0.1) is 0 Å². The van der Waals surface area contributed by atoms with Crippen LogP contribution in [0.15, 0.2) is 53.4 Å². The summed E-state index contributed by atoms with van der Waals surface area (Å²) < 4.78 is 5.32. The Hall–Kier alpha value is -2.27. The number of aryl methyl sites for hydroxylation is 3.